The molecule has 3 fully saturated rings. The number of rotatable bonds is 7. The van der Waals surface area contributed by atoms with Crippen LogP contribution in [-0.4, -0.2) is 35.9 Å². The lowest BCUT2D eigenvalue weighted by atomic mass is 9.49. The van der Waals surface area contributed by atoms with E-state index in [9.17, 15) is 0 Å². The van der Waals surface area contributed by atoms with Crippen molar-refractivity contribution in [3.8, 4) is 0 Å². The average molecular weight is 550 g/mol. The molecule has 3 nitrogen and oxygen atoms in total. The molecule has 0 heterocycles. The van der Waals surface area contributed by atoms with Crippen LogP contribution in [0.3, 0.4) is 0 Å². The first-order valence-corrected chi connectivity index (χ1v) is 21.2. The molecule has 5 heteroatoms. The molecule has 0 aromatic carbocycles. The number of hydrogen-bond acceptors (Lipinski definition) is 3. The van der Waals surface area contributed by atoms with Gasteiger partial charge in [0.25, 0.3) is 0 Å². The Hall–Kier alpha value is 0.0538. The summed E-state index contributed by atoms with van der Waals surface area (Å²) in [4.78, 5) is 0. The topological polar surface area (TPSA) is 44.5 Å². The van der Waals surface area contributed by atoms with E-state index in [4.69, 9.17) is 14.6 Å². The second-order valence-electron chi connectivity index (χ2n) is 16.8. The molecule has 3 aliphatic carbocycles. The Morgan fingerprint density at radius 2 is 1.49 bits per heavy atom. The van der Waals surface area contributed by atoms with Crippen LogP contribution in [0.1, 0.15) is 100 Å². The normalized spacial score (nSPS) is 38.1. The molecule has 0 unspecified atom stereocenters. The number of allylic oxidation sites excluding steroid dienone is 1. The molecule has 3 rings (SSSR count). The lowest BCUT2D eigenvalue weighted by molar-refractivity contribution is -0.0880. The van der Waals surface area contributed by atoms with Crippen LogP contribution in [0.2, 0.25) is 36.3 Å². The van der Waals surface area contributed by atoms with Gasteiger partial charge in [-0.15, -0.1) is 0 Å². The van der Waals surface area contributed by atoms with Crippen molar-refractivity contribution in [2.45, 2.75) is 143 Å². The Labute approximate surface area is 233 Å². The maximum Gasteiger partial charge on any atom is 0.192 e. The molecular formula is C32H63NO2Si2. The second-order valence-corrected chi connectivity index (χ2v) is 26.3. The highest BCUT2D eigenvalue weighted by molar-refractivity contribution is 6.74. The summed E-state index contributed by atoms with van der Waals surface area (Å²) >= 11 is 0. The van der Waals surface area contributed by atoms with Crippen LogP contribution in [0.4, 0.5) is 0 Å². The van der Waals surface area contributed by atoms with E-state index in [1.807, 2.05) is 0 Å². The SMILES string of the molecule is C=C1CC[C@H]2[C@H](CN)[C@@H]([C@@]3(C)CC[C@H](O[Si](C)(C)C(C)(C)C)C[C@@H]3CO[Si](C)(C)C(C)(C)C)CC[C@]12C. The van der Waals surface area contributed by atoms with E-state index in [0.29, 0.717) is 35.2 Å². The Morgan fingerprint density at radius 3 is 2.03 bits per heavy atom. The van der Waals surface area contributed by atoms with Crippen LogP contribution in [0, 0.1) is 34.5 Å². The van der Waals surface area contributed by atoms with Gasteiger partial charge in [0.1, 0.15) is 0 Å². The van der Waals surface area contributed by atoms with E-state index in [0.717, 1.165) is 19.6 Å². The summed E-state index contributed by atoms with van der Waals surface area (Å²) in [7, 11) is -3.65. The lowest BCUT2D eigenvalue weighted by Gasteiger charge is -2.57. The van der Waals surface area contributed by atoms with E-state index < -0.39 is 16.6 Å². The molecule has 0 spiro atoms. The number of hydrogen-bond donors (Lipinski definition) is 1. The van der Waals surface area contributed by atoms with Crippen molar-refractivity contribution >= 4 is 16.6 Å². The summed E-state index contributed by atoms with van der Waals surface area (Å²) < 4.78 is 14.1. The Bertz CT molecular complexity index is 826. The molecule has 0 bridgehead atoms. The van der Waals surface area contributed by atoms with Crippen molar-refractivity contribution in [2.75, 3.05) is 13.2 Å². The van der Waals surface area contributed by atoms with Crippen molar-refractivity contribution < 1.29 is 8.85 Å². The van der Waals surface area contributed by atoms with Crippen LogP contribution in [0.25, 0.3) is 0 Å². The van der Waals surface area contributed by atoms with Crippen LogP contribution in [0.15, 0.2) is 12.2 Å². The molecule has 3 aliphatic rings. The summed E-state index contributed by atoms with van der Waals surface area (Å²) in [6.45, 7) is 35.2. The predicted molar refractivity (Wildman–Crippen MR) is 166 cm³/mol. The van der Waals surface area contributed by atoms with E-state index in [1.54, 1.807) is 0 Å². The van der Waals surface area contributed by atoms with Crippen molar-refractivity contribution in [2.24, 2.45) is 40.2 Å². The van der Waals surface area contributed by atoms with Crippen molar-refractivity contribution in [1.29, 1.82) is 0 Å². The molecule has 7 atom stereocenters. The van der Waals surface area contributed by atoms with Gasteiger partial charge >= 0.3 is 0 Å². The Kier molecular flexibility index (Phi) is 8.93. The number of nitrogens with two attached hydrogens (primary N) is 1. The zero-order chi connectivity index (χ0) is 28.2. The zero-order valence-corrected chi connectivity index (χ0v) is 28.9. The highest BCUT2D eigenvalue weighted by atomic mass is 28.4. The summed E-state index contributed by atoms with van der Waals surface area (Å²) in [5.74, 6) is 2.49. The molecule has 0 aromatic rings. The van der Waals surface area contributed by atoms with Gasteiger partial charge in [-0.2, -0.15) is 0 Å². The minimum absolute atomic E-state index is 0.228. The van der Waals surface area contributed by atoms with Crippen LogP contribution in [0.5, 0.6) is 0 Å². The van der Waals surface area contributed by atoms with E-state index in [1.165, 1.54) is 44.1 Å². The van der Waals surface area contributed by atoms with Gasteiger partial charge in [-0.25, -0.2) is 0 Å². The highest BCUT2D eigenvalue weighted by Gasteiger charge is 2.57. The quantitative estimate of drug-likeness (QED) is 0.254. The molecule has 0 radical (unpaired) electrons. The maximum absolute atomic E-state index is 7.06. The summed E-state index contributed by atoms with van der Waals surface area (Å²) in [5, 5.41) is 0.468. The first-order valence-electron chi connectivity index (χ1n) is 15.4. The molecule has 0 aromatic heterocycles. The maximum atomic E-state index is 7.06. The van der Waals surface area contributed by atoms with Crippen LogP contribution < -0.4 is 5.73 Å². The van der Waals surface area contributed by atoms with E-state index in [2.05, 4.69) is 88.2 Å². The smallest absolute Gasteiger partial charge is 0.192 e. The minimum Gasteiger partial charge on any atom is -0.417 e. The third-order valence-electron chi connectivity index (χ3n) is 12.7. The van der Waals surface area contributed by atoms with Crippen molar-refractivity contribution in [3.05, 3.63) is 12.2 Å². The van der Waals surface area contributed by atoms with Crippen LogP contribution in [-0.2, 0) is 8.85 Å². The average Bonchev–Trinajstić information content (AvgIpc) is 3.06. The first kappa shape index (κ1) is 31.6. The molecule has 2 N–H and O–H groups in total. The molecule has 3 saturated carbocycles. The fourth-order valence-corrected chi connectivity index (χ4v) is 10.1. The van der Waals surface area contributed by atoms with Crippen molar-refractivity contribution in [3.63, 3.8) is 0 Å². The minimum atomic E-state index is -1.84. The van der Waals surface area contributed by atoms with Gasteiger partial charge in [-0.1, -0.05) is 67.5 Å². The van der Waals surface area contributed by atoms with Gasteiger partial charge in [-0.05, 0) is 122 Å². The second kappa shape index (κ2) is 10.5. The highest BCUT2D eigenvalue weighted by Crippen LogP contribution is 2.63. The summed E-state index contributed by atoms with van der Waals surface area (Å²) in [6.07, 6.45) is 8.97. The van der Waals surface area contributed by atoms with Gasteiger partial charge in [0.15, 0.2) is 16.6 Å². The predicted octanol–water partition coefficient (Wildman–Crippen LogP) is 9.16. The fourth-order valence-electron chi connectivity index (χ4n) is 7.69. The Balaban J connectivity index is 1.90. The molecular weight excluding hydrogens is 487 g/mol. The lowest BCUT2D eigenvalue weighted by Crippen LogP contribution is -2.55. The van der Waals surface area contributed by atoms with Gasteiger partial charge in [0.05, 0.1) is 0 Å². The standard InChI is InChI=1S/C32H63NO2Si2/c1-23-14-15-27-26(21-33)28(17-19-31(23,27)8)32(9)18-16-25(35-37(12,13)30(5,6)7)20-24(32)22-34-36(10,11)29(2,3)4/h24-28H,1,14-22,33H2,2-13H3/t24-,25+,26+,27+,28+,31-,32+/m1/s1. The van der Waals surface area contributed by atoms with Gasteiger partial charge in [-0.3, -0.25) is 0 Å². The van der Waals surface area contributed by atoms with Crippen LogP contribution >= 0.6 is 0 Å². The molecule has 216 valence electrons. The third-order valence-corrected chi connectivity index (χ3v) is 21.8. The molecule has 0 aliphatic heterocycles. The van der Waals surface area contributed by atoms with Gasteiger partial charge < -0.3 is 14.6 Å². The van der Waals surface area contributed by atoms with Crippen molar-refractivity contribution in [1.82, 2.24) is 0 Å². The third kappa shape index (κ3) is 5.92. The van der Waals surface area contributed by atoms with Gasteiger partial charge in [0, 0.05) is 12.7 Å². The van der Waals surface area contributed by atoms with Gasteiger partial charge in [0.2, 0.25) is 0 Å². The summed E-state index contributed by atoms with van der Waals surface area (Å²) in [6, 6.07) is 0. The number of fused-ring (bicyclic) bond motifs is 1. The fraction of sp³-hybridized carbons (Fsp3) is 0.938. The van der Waals surface area contributed by atoms with E-state index in [-0.39, 0.29) is 15.5 Å². The summed E-state index contributed by atoms with van der Waals surface area (Å²) in [5.41, 5.74) is 8.69. The van der Waals surface area contributed by atoms with E-state index >= 15 is 0 Å². The molecule has 37 heavy (non-hydrogen) atoms. The largest absolute Gasteiger partial charge is 0.417 e. The Morgan fingerprint density at radius 1 is 0.892 bits per heavy atom. The molecule has 0 amide bonds. The first-order chi connectivity index (χ1) is 16.7. The molecule has 0 saturated heterocycles. The monoisotopic (exact) mass is 549 g/mol. The zero-order valence-electron chi connectivity index (χ0n) is 26.9.